The first-order valence-corrected chi connectivity index (χ1v) is 8.93. The Balaban J connectivity index is 1.57. The van der Waals surface area contributed by atoms with Crippen molar-refractivity contribution in [3.63, 3.8) is 0 Å². The summed E-state index contributed by atoms with van der Waals surface area (Å²) in [5.74, 6) is 1.83. The zero-order valence-corrected chi connectivity index (χ0v) is 14.5. The van der Waals surface area contributed by atoms with E-state index in [1.165, 1.54) is 25.7 Å². The average Bonchev–Trinajstić information content (AvgIpc) is 3.01. The van der Waals surface area contributed by atoms with Crippen LogP contribution >= 0.6 is 0 Å². The molecule has 3 rings (SSSR count). The number of aromatic nitrogens is 2. The number of ether oxygens (including phenoxy) is 2. The van der Waals surface area contributed by atoms with E-state index in [1.54, 1.807) is 0 Å². The second-order valence-electron chi connectivity index (χ2n) is 7.15. The van der Waals surface area contributed by atoms with Crippen LogP contribution in [0.4, 0.5) is 0 Å². The van der Waals surface area contributed by atoms with Crippen LogP contribution in [0.3, 0.4) is 0 Å². The minimum Gasteiger partial charge on any atom is -0.375 e. The summed E-state index contributed by atoms with van der Waals surface area (Å²) in [5.41, 5.74) is 0. The number of morpholine rings is 1. The van der Waals surface area contributed by atoms with E-state index < -0.39 is 0 Å². The third-order valence-corrected chi connectivity index (χ3v) is 4.71. The van der Waals surface area contributed by atoms with Crippen molar-refractivity contribution < 1.29 is 14.0 Å². The molecule has 0 aromatic carbocycles. The van der Waals surface area contributed by atoms with Crippen LogP contribution in [0.25, 0.3) is 0 Å². The fourth-order valence-electron chi connectivity index (χ4n) is 3.46. The summed E-state index contributed by atoms with van der Waals surface area (Å²) in [4.78, 5) is 6.98. The molecule has 2 heterocycles. The van der Waals surface area contributed by atoms with E-state index in [0.29, 0.717) is 42.9 Å². The van der Waals surface area contributed by atoms with Crippen LogP contribution in [0.15, 0.2) is 4.52 Å². The van der Waals surface area contributed by atoms with Crippen molar-refractivity contribution in [3.05, 3.63) is 11.7 Å². The lowest BCUT2D eigenvalue weighted by atomic mass is 9.90. The Kier molecular flexibility index (Phi) is 5.67. The van der Waals surface area contributed by atoms with Gasteiger partial charge in [-0.2, -0.15) is 4.98 Å². The Morgan fingerprint density at radius 3 is 2.91 bits per heavy atom. The van der Waals surface area contributed by atoms with Gasteiger partial charge in [0.25, 0.3) is 0 Å². The van der Waals surface area contributed by atoms with E-state index in [-0.39, 0.29) is 6.10 Å². The van der Waals surface area contributed by atoms with Crippen LogP contribution < -0.4 is 0 Å². The van der Waals surface area contributed by atoms with E-state index in [4.69, 9.17) is 14.0 Å². The molecule has 6 nitrogen and oxygen atoms in total. The van der Waals surface area contributed by atoms with Crippen LogP contribution in [0.2, 0.25) is 0 Å². The molecule has 23 heavy (non-hydrogen) atoms. The van der Waals surface area contributed by atoms with Crippen molar-refractivity contribution in [2.24, 2.45) is 5.92 Å². The highest BCUT2D eigenvalue weighted by atomic mass is 16.5. The van der Waals surface area contributed by atoms with Gasteiger partial charge in [0.15, 0.2) is 5.82 Å². The summed E-state index contributed by atoms with van der Waals surface area (Å²) in [7, 11) is 0. The van der Waals surface area contributed by atoms with Gasteiger partial charge in [-0.3, -0.25) is 4.90 Å². The van der Waals surface area contributed by atoms with Crippen LogP contribution in [-0.2, 0) is 16.0 Å². The first-order valence-electron chi connectivity index (χ1n) is 8.93. The Morgan fingerprint density at radius 1 is 1.26 bits per heavy atom. The lowest BCUT2D eigenvalue weighted by Crippen LogP contribution is -2.52. The maximum atomic E-state index is 5.92. The molecule has 1 aromatic rings. The molecule has 1 saturated heterocycles. The van der Waals surface area contributed by atoms with Gasteiger partial charge in [0.2, 0.25) is 5.89 Å². The van der Waals surface area contributed by atoms with Crippen molar-refractivity contribution in [3.8, 4) is 0 Å². The number of nitrogens with zero attached hydrogens (tertiary/aromatic N) is 3. The molecule has 0 amide bonds. The maximum Gasteiger partial charge on any atom is 0.240 e. The molecule has 0 N–H and O–H groups in total. The molecular weight excluding hydrogens is 294 g/mol. The van der Waals surface area contributed by atoms with Gasteiger partial charge in [0.05, 0.1) is 19.3 Å². The summed E-state index contributed by atoms with van der Waals surface area (Å²) in [6.07, 6.45) is 5.21. The normalized spacial score (nSPS) is 27.1. The standard InChI is InChI=1S/C17H29N3O3/c1-12(2)11-22-13(3)17-18-16(23-19-17)10-20-8-9-21-15-7-5-4-6-14(15)20/h12-15H,4-11H2,1-3H3/t13-,14-,15+/m1/s1. The minimum atomic E-state index is -0.123. The molecule has 3 atom stereocenters. The topological polar surface area (TPSA) is 60.6 Å². The van der Waals surface area contributed by atoms with E-state index in [0.717, 1.165) is 13.2 Å². The second kappa shape index (κ2) is 7.73. The summed E-state index contributed by atoms with van der Waals surface area (Å²) >= 11 is 0. The third kappa shape index (κ3) is 4.31. The van der Waals surface area contributed by atoms with Crippen molar-refractivity contribution >= 4 is 0 Å². The van der Waals surface area contributed by atoms with Crippen molar-refractivity contribution in [2.45, 2.75) is 71.2 Å². The Bertz CT molecular complexity index is 489. The van der Waals surface area contributed by atoms with Crippen molar-refractivity contribution in [1.82, 2.24) is 15.0 Å². The van der Waals surface area contributed by atoms with Gasteiger partial charge in [0.1, 0.15) is 6.10 Å². The minimum absolute atomic E-state index is 0.123. The summed E-state index contributed by atoms with van der Waals surface area (Å²) in [6, 6.07) is 0.502. The SMILES string of the molecule is CC(C)CO[C@H](C)c1noc(CN2CCO[C@H]3CCCC[C@H]32)n1. The zero-order valence-electron chi connectivity index (χ0n) is 14.5. The fourth-order valence-corrected chi connectivity index (χ4v) is 3.46. The molecule has 1 aromatic heterocycles. The van der Waals surface area contributed by atoms with Gasteiger partial charge in [-0.15, -0.1) is 0 Å². The number of fused-ring (bicyclic) bond motifs is 1. The molecule has 1 saturated carbocycles. The quantitative estimate of drug-likeness (QED) is 0.802. The molecule has 130 valence electrons. The lowest BCUT2D eigenvalue weighted by Gasteiger charge is -2.43. The van der Waals surface area contributed by atoms with Gasteiger partial charge < -0.3 is 14.0 Å². The summed E-state index contributed by atoms with van der Waals surface area (Å²) in [5, 5.41) is 4.09. The predicted octanol–water partition coefficient (Wildman–Crippen LogP) is 2.95. The van der Waals surface area contributed by atoms with Crippen LogP contribution in [0, 0.1) is 5.92 Å². The molecule has 6 heteroatoms. The molecule has 0 radical (unpaired) electrons. The average molecular weight is 323 g/mol. The highest BCUT2D eigenvalue weighted by molar-refractivity contribution is 4.93. The first-order chi connectivity index (χ1) is 11.1. The van der Waals surface area contributed by atoms with Crippen LogP contribution in [0.5, 0.6) is 0 Å². The van der Waals surface area contributed by atoms with Gasteiger partial charge >= 0.3 is 0 Å². The third-order valence-electron chi connectivity index (χ3n) is 4.71. The zero-order chi connectivity index (χ0) is 16.2. The van der Waals surface area contributed by atoms with E-state index in [2.05, 4.69) is 28.9 Å². The molecule has 1 aliphatic carbocycles. The van der Waals surface area contributed by atoms with E-state index in [9.17, 15) is 0 Å². The second-order valence-corrected chi connectivity index (χ2v) is 7.15. The number of hydrogen-bond donors (Lipinski definition) is 0. The highest BCUT2D eigenvalue weighted by Gasteiger charge is 2.34. The molecule has 0 bridgehead atoms. The summed E-state index contributed by atoms with van der Waals surface area (Å²) in [6.45, 7) is 9.41. The molecule has 2 fully saturated rings. The lowest BCUT2D eigenvalue weighted by molar-refractivity contribution is -0.0933. The number of hydrogen-bond acceptors (Lipinski definition) is 6. The monoisotopic (exact) mass is 323 g/mol. The first kappa shape index (κ1) is 16.9. The van der Waals surface area contributed by atoms with Crippen LogP contribution in [0.1, 0.15) is 64.3 Å². The Labute approximate surface area is 138 Å². The van der Waals surface area contributed by atoms with E-state index in [1.807, 2.05) is 6.92 Å². The van der Waals surface area contributed by atoms with E-state index >= 15 is 0 Å². The van der Waals surface area contributed by atoms with Crippen molar-refractivity contribution in [1.29, 1.82) is 0 Å². The van der Waals surface area contributed by atoms with Gasteiger partial charge in [-0.05, 0) is 25.7 Å². The number of rotatable bonds is 6. The Hall–Kier alpha value is -0.980. The summed E-state index contributed by atoms with van der Waals surface area (Å²) < 4.78 is 17.1. The predicted molar refractivity (Wildman–Crippen MR) is 85.9 cm³/mol. The molecule has 2 aliphatic rings. The van der Waals surface area contributed by atoms with Crippen molar-refractivity contribution in [2.75, 3.05) is 19.8 Å². The maximum absolute atomic E-state index is 5.92. The van der Waals surface area contributed by atoms with Gasteiger partial charge in [0, 0.05) is 19.2 Å². The Morgan fingerprint density at radius 2 is 2.09 bits per heavy atom. The van der Waals surface area contributed by atoms with Gasteiger partial charge in [-0.25, -0.2) is 0 Å². The molecule has 0 spiro atoms. The fraction of sp³-hybridized carbons (Fsp3) is 0.882. The van der Waals surface area contributed by atoms with Crippen LogP contribution in [-0.4, -0.2) is 46.9 Å². The largest absolute Gasteiger partial charge is 0.375 e. The molecule has 0 unspecified atom stereocenters. The molecule has 1 aliphatic heterocycles. The smallest absolute Gasteiger partial charge is 0.240 e. The molecular formula is C17H29N3O3. The van der Waals surface area contributed by atoms with Gasteiger partial charge in [-0.1, -0.05) is 31.8 Å². The highest BCUT2D eigenvalue weighted by Crippen LogP contribution is 2.29.